The fourth-order valence-corrected chi connectivity index (χ4v) is 3.67. The Kier molecular flexibility index (Phi) is 6.73. The Hall–Kier alpha value is -2.52. The fraction of sp³-hybridized carbons (Fsp3) is 0.316. The van der Waals surface area contributed by atoms with Crippen LogP contribution in [0.25, 0.3) is 0 Å². The number of carbonyl (C=O) groups is 1. The smallest absolute Gasteiger partial charge is 0.259 e. The number of halogens is 2. The first-order valence-electron chi connectivity index (χ1n) is 8.52. The Labute approximate surface area is 163 Å². The number of rotatable bonds is 7. The van der Waals surface area contributed by atoms with Crippen LogP contribution in [-0.2, 0) is 10.0 Å². The summed E-state index contributed by atoms with van der Waals surface area (Å²) in [7, 11) is -2.54. The number of hydrogen-bond acceptors (Lipinski definition) is 4. The lowest BCUT2D eigenvalue weighted by molar-refractivity contribution is 0.102. The highest BCUT2D eigenvalue weighted by atomic mass is 32.2. The SMILES string of the molecule is COc1ccc(S(=O)(=O)NC(C)C(C)C)cc1C(=O)Nc1ccc(F)c(F)c1. The van der Waals surface area contributed by atoms with Crippen LogP contribution in [0.2, 0.25) is 0 Å². The van der Waals surface area contributed by atoms with E-state index in [1.54, 1.807) is 6.92 Å². The summed E-state index contributed by atoms with van der Waals surface area (Å²) in [5, 5.41) is 2.40. The van der Waals surface area contributed by atoms with E-state index < -0.39 is 27.6 Å². The van der Waals surface area contributed by atoms with Crippen LogP contribution in [-0.4, -0.2) is 27.5 Å². The second kappa shape index (κ2) is 8.66. The molecule has 152 valence electrons. The van der Waals surface area contributed by atoms with Crippen molar-refractivity contribution in [3.63, 3.8) is 0 Å². The molecule has 0 saturated heterocycles. The molecule has 0 radical (unpaired) electrons. The molecule has 0 fully saturated rings. The molecule has 6 nitrogen and oxygen atoms in total. The lowest BCUT2D eigenvalue weighted by Crippen LogP contribution is -2.36. The van der Waals surface area contributed by atoms with E-state index in [1.807, 2.05) is 13.8 Å². The van der Waals surface area contributed by atoms with Gasteiger partial charge >= 0.3 is 0 Å². The predicted octanol–water partition coefficient (Wildman–Crippen LogP) is 3.55. The molecule has 0 bridgehead atoms. The summed E-state index contributed by atoms with van der Waals surface area (Å²) in [5.41, 5.74) is -0.0434. The van der Waals surface area contributed by atoms with Gasteiger partial charge in [-0.25, -0.2) is 21.9 Å². The summed E-state index contributed by atoms with van der Waals surface area (Å²) < 4.78 is 59.2. The molecule has 2 rings (SSSR count). The van der Waals surface area contributed by atoms with Gasteiger partial charge in [-0.15, -0.1) is 0 Å². The molecule has 1 unspecified atom stereocenters. The first-order valence-corrected chi connectivity index (χ1v) is 10.00. The number of benzene rings is 2. The lowest BCUT2D eigenvalue weighted by atomic mass is 10.1. The van der Waals surface area contributed by atoms with E-state index in [0.717, 1.165) is 12.1 Å². The third-order valence-corrected chi connectivity index (χ3v) is 5.80. The highest BCUT2D eigenvalue weighted by Crippen LogP contribution is 2.24. The van der Waals surface area contributed by atoms with Crippen LogP contribution in [0, 0.1) is 17.6 Å². The number of nitrogens with one attached hydrogen (secondary N) is 2. The van der Waals surface area contributed by atoms with Crippen molar-refractivity contribution in [2.75, 3.05) is 12.4 Å². The second-order valence-corrected chi connectivity index (χ2v) is 8.31. The maximum absolute atomic E-state index is 13.3. The fourth-order valence-electron chi connectivity index (χ4n) is 2.25. The largest absolute Gasteiger partial charge is 0.496 e. The molecular weight excluding hydrogens is 390 g/mol. The number of anilines is 1. The van der Waals surface area contributed by atoms with Crippen LogP contribution in [0.15, 0.2) is 41.3 Å². The molecule has 28 heavy (non-hydrogen) atoms. The zero-order valence-electron chi connectivity index (χ0n) is 15.9. The van der Waals surface area contributed by atoms with E-state index in [0.29, 0.717) is 0 Å². The van der Waals surface area contributed by atoms with Crippen molar-refractivity contribution in [2.24, 2.45) is 5.92 Å². The zero-order valence-corrected chi connectivity index (χ0v) is 16.7. The monoisotopic (exact) mass is 412 g/mol. The van der Waals surface area contributed by atoms with Crippen molar-refractivity contribution in [1.29, 1.82) is 0 Å². The molecule has 0 spiro atoms. The molecule has 0 heterocycles. The summed E-state index contributed by atoms with van der Waals surface area (Å²) >= 11 is 0. The first-order chi connectivity index (χ1) is 13.0. The number of methoxy groups -OCH3 is 1. The number of amides is 1. The molecule has 1 amide bonds. The number of ether oxygens (including phenoxy) is 1. The lowest BCUT2D eigenvalue weighted by Gasteiger charge is -2.18. The minimum absolute atomic E-state index is 0.0192. The number of sulfonamides is 1. The van der Waals surface area contributed by atoms with Gasteiger partial charge in [-0.05, 0) is 43.2 Å². The van der Waals surface area contributed by atoms with Gasteiger partial charge in [0, 0.05) is 17.8 Å². The summed E-state index contributed by atoms with van der Waals surface area (Å²) in [4.78, 5) is 12.5. The second-order valence-electron chi connectivity index (χ2n) is 6.60. The average molecular weight is 412 g/mol. The van der Waals surface area contributed by atoms with E-state index in [1.165, 1.54) is 31.4 Å². The van der Waals surface area contributed by atoms with Gasteiger partial charge in [0.15, 0.2) is 11.6 Å². The van der Waals surface area contributed by atoms with Crippen molar-refractivity contribution in [1.82, 2.24) is 4.72 Å². The third-order valence-electron chi connectivity index (χ3n) is 4.24. The maximum atomic E-state index is 13.3. The quantitative estimate of drug-likeness (QED) is 0.728. The Morgan fingerprint density at radius 2 is 1.71 bits per heavy atom. The molecule has 0 aliphatic rings. The topological polar surface area (TPSA) is 84.5 Å². The van der Waals surface area contributed by atoms with Crippen LogP contribution in [0.1, 0.15) is 31.1 Å². The summed E-state index contributed by atoms with van der Waals surface area (Å²) in [6.45, 7) is 5.49. The van der Waals surface area contributed by atoms with E-state index in [-0.39, 0.29) is 33.9 Å². The van der Waals surface area contributed by atoms with Gasteiger partial charge in [-0.1, -0.05) is 13.8 Å². The van der Waals surface area contributed by atoms with E-state index in [4.69, 9.17) is 4.74 Å². The van der Waals surface area contributed by atoms with Crippen LogP contribution in [0.5, 0.6) is 5.75 Å². The van der Waals surface area contributed by atoms with Crippen molar-refractivity contribution < 1.29 is 26.7 Å². The highest BCUT2D eigenvalue weighted by Gasteiger charge is 2.23. The molecule has 2 N–H and O–H groups in total. The van der Waals surface area contributed by atoms with Crippen molar-refractivity contribution in [3.05, 3.63) is 53.6 Å². The number of carbonyl (C=O) groups excluding carboxylic acids is 1. The molecule has 0 aromatic heterocycles. The molecule has 2 aromatic rings. The van der Waals surface area contributed by atoms with Crippen molar-refractivity contribution >= 4 is 21.6 Å². The van der Waals surface area contributed by atoms with Crippen molar-refractivity contribution in [3.8, 4) is 5.75 Å². The standard InChI is InChI=1S/C19H22F2N2O4S/c1-11(2)12(3)23-28(25,26)14-6-8-18(27-4)15(10-14)19(24)22-13-5-7-16(20)17(21)9-13/h5-12,23H,1-4H3,(H,22,24). The van der Waals surface area contributed by atoms with Crippen LogP contribution in [0.3, 0.4) is 0 Å². The predicted molar refractivity (Wildman–Crippen MR) is 102 cm³/mol. The van der Waals surface area contributed by atoms with Crippen LogP contribution >= 0.6 is 0 Å². The highest BCUT2D eigenvalue weighted by molar-refractivity contribution is 7.89. The summed E-state index contributed by atoms with van der Waals surface area (Å²) in [6, 6.07) is 6.43. The van der Waals surface area contributed by atoms with Gasteiger partial charge in [0.05, 0.1) is 17.6 Å². The summed E-state index contributed by atoms with van der Waals surface area (Å²) in [6.07, 6.45) is 0. The number of hydrogen-bond donors (Lipinski definition) is 2. The molecule has 0 saturated carbocycles. The Morgan fingerprint density at radius 1 is 1.04 bits per heavy atom. The van der Waals surface area contributed by atoms with Gasteiger partial charge in [-0.3, -0.25) is 4.79 Å². The third kappa shape index (κ3) is 5.05. The molecule has 1 atom stereocenters. The normalized spacial score (nSPS) is 12.7. The van der Waals surface area contributed by atoms with Gasteiger partial charge in [-0.2, -0.15) is 0 Å². The zero-order chi connectivity index (χ0) is 21.1. The Balaban J connectivity index is 2.36. The summed E-state index contributed by atoms with van der Waals surface area (Å²) in [5.74, 6) is -2.68. The van der Waals surface area contributed by atoms with E-state index in [2.05, 4.69) is 10.0 Å². The van der Waals surface area contributed by atoms with Crippen LogP contribution < -0.4 is 14.8 Å². The van der Waals surface area contributed by atoms with E-state index >= 15 is 0 Å². The molecule has 0 aliphatic heterocycles. The molecule has 0 aliphatic carbocycles. The molecular formula is C19H22F2N2O4S. The van der Waals surface area contributed by atoms with Gasteiger partial charge in [0.2, 0.25) is 10.0 Å². The maximum Gasteiger partial charge on any atom is 0.259 e. The first kappa shape index (κ1) is 21.8. The minimum Gasteiger partial charge on any atom is -0.496 e. The molecule has 2 aromatic carbocycles. The van der Waals surface area contributed by atoms with Gasteiger partial charge in [0.25, 0.3) is 5.91 Å². The average Bonchev–Trinajstić information content (AvgIpc) is 2.63. The Morgan fingerprint density at radius 3 is 2.29 bits per heavy atom. The minimum atomic E-state index is -3.87. The van der Waals surface area contributed by atoms with Gasteiger partial charge < -0.3 is 10.1 Å². The molecule has 9 heteroatoms. The Bertz CT molecular complexity index is 978. The van der Waals surface area contributed by atoms with Gasteiger partial charge in [0.1, 0.15) is 5.75 Å². The van der Waals surface area contributed by atoms with Crippen LogP contribution in [0.4, 0.5) is 14.5 Å². The van der Waals surface area contributed by atoms with E-state index in [9.17, 15) is 22.0 Å². The van der Waals surface area contributed by atoms with Crippen molar-refractivity contribution in [2.45, 2.75) is 31.7 Å².